The Labute approximate surface area is 135 Å². The van der Waals surface area contributed by atoms with E-state index in [1.54, 1.807) is 6.07 Å². The molecular formula is C19H20FN3. The van der Waals surface area contributed by atoms with Crippen molar-refractivity contribution < 1.29 is 4.39 Å². The quantitative estimate of drug-likeness (QED) is 0.772. The number of fused-ring (bicyclic) bond motifs is 1. The topological polar surface area (TPSA) is 51.8 Å². The predicted molar refractivity (Wildman–Crippen MR) is 91.5 cm³/mol. The summed E-state index contributed by atoms with van der Waals surface area (Å²) in [6.45, 7) is 6.76. The van der Waals surface area contributed by atoms with E-state index in [-0.39, 0.29) is 17.8 Å². The van der Waals surface area contributed by atoms with Crippen LogP contribution < -0.4 is 5.73 Å². The first-order valence-corrected chi connectivity index (χ1v) is 7.65. The average Bonchev–Trinajstić information content (AvgIpc) is 2.52. The van der Waals surface area contributed by atoms with Crippen LogP contribution in [0.4, 0.5) is 4.39 Å². The minimum absolute atomic E-state index is 0.0951. The Hall–Kier alpha value is -2.33. The molecular weight excluding hydrogens is 289 g/mol. The van der Waals surface area contributed by atoms with Gasteiger partial charge in [0.05, 0.1) is 17.8 Å². The maximum absolute atomic E-state index is 13.5. The summed E-state index contributed by atoms with van der Waals surface area (Å²) in [4.78, 5) is 8.87. The molecule has 0 aliphatic carbocycles. The Bertz CT molecular complexity index is 849. The van der Waals surface area contributed by atoms with Crippen molar-refractivity contribution in [2.24, 2.45) is 5.73 Å². The van der Waals surface area contributed by atoms with Gasteiger partial charge < -0.3 is 5.73 Å². The molecule has 2 N–H and O–H groups in total. The van der Waals surface area contributed by atoms with Gasteiger partial charge in [-0.1, -0.05) is 45.0 Å². The molecule has 0 spiro atoms. The predicted octanol–water partition coefficient (Wildman–Crippen LogP) is 4.19. The third kappa shape index (κ3) is 3.08. The van der Waals surface area contributed by atoms with Gasteiger partial charge in [-0.2, -0.15) is 0 Å². The third-order valence-corrected chi connectivity index (χ3v) is 3.91. The molecule has 0 aliphatic heterocycles. The lowest BCUT2D eigenvalue weighted by Gasteiger charge is -2.19. The van der Waals surface area contributed by atoms with Crippen molar-refractivity contribution in [2.75, 3.05) is 0 Å². The monoisotopic (exact) mass is 309 g/mol. The van der Waals surface area contributed by atoms with Crippen LogP contribution >= 0.6 is 0 Å². The van der Waals surface area contributed by atoms with E-state index in [1.165, 1.54) is 17.7 Å². The van der Waals surface area contributed by atoms with Gasteiger partial charge >= 0.3 is 0 Å². The highest BCUT2D eigenvalue weighted by Gasteiger charge is 2.15. The molecule has 0 atom stereocenters. The number of aromatic nitrogens is 2. The molecule has 1 heterocycles. The third-order valence-electron chi connectivity index (χ3n) is 3.91. The second-order valence-electron chi connectivity index (χ2n) is 6.68. The van der Waals surface area contributed by atoms with Crippen LogP contribution in [0.25, 0.3) is 22.2 Å². The highest BCUT2D eigenvalue weighted by atomic mass is 19.1. The van der Waals surface area contributed by atoms with Crippen LogP contribution in [0, 0.1) is 5.82 Å². The van der Waals surface area contributed by atoms with E-state index in [1.807, 2.05) is 12.1 Å². The standard InChI is InChI=1S/C19H20FN3/c1-19(2,3)13-6-4-12(5-7-13)18-15-9-8-14(20)10-16(15)22-17(11-21)23-18/h4-10H,11,21H2,1-3H3. The minimum Gasteiger partial charge on any atom is -0.324 e. The van der Waals surface area contributed by atoms with Crippen LogP contribution in [-0.4, -0.2) is 9.97 Å². The fourth-order valence-electron chi connectivity index (χ4n) is 2.59. The summed E-state index contributed by atoms with van der Waals surface area (Å²) in [6, 6.07) is 12.9. The van der Waals surface area contributed by atoms with Crippen molar-refractivity contribution in [1.82, 2.24) is 9.97 Å². The lowest BCUT2D eigenvalue weighted by molar-refractivity contribution is 0.590. The molecule has 3 rings (SSSR count). The highest BCUT2D eigenvalue weighted by molar-refractivity contribution is 5.92. The van der Waals surface area contributed by atoms with E-state index < -0.39 is 0 Å². The van der Waals surface area contributed by atoms with E-state index in [0.717, 1.165) is 16.6 Å². The largest absolute Gasteiger partial charge is 0.324 e. The summed E-state index contributed by atoms with van der Waals surface area (Å²) in [7, 11) is 0. The Morgan fingerprint density at radius 3 is 2.30 bits per heavy atom. The minimum atomic E-state index is -0.312. The average molecular weight is 309 g/mol. The van der Waals surface area contributed by atoms with Gasteiger partial charge in [0, 0.05) is 17.0 Å². The fourth-order valence-corrected chi connectivity index (χ4v) is 2.59. The van der Waals surface area contributed by atoms with Crippen molar-refractivity contribution >= 4 is 10.9 Å². The summed E-state index contributed by atoms with van der Waals surface area (Å²) in [6.07, 6.45) is 0. The molecule has 0 amide bonds. The molecule has 3 aromatic rings. The van der Waals surface area contributed by atoms with E-state index >= 15 is 0 Å². The van der Waals surface area contributed by atoms with Gasteiger partial charge in [0.25, 0.3) is 0 Å². The number of hydrogen-bond donors (Lipinski definition) is 1. The van der Waals surface area contributed by atoms with E-state index in [2.05, 4.69) is 42.9 Å². The molecule has 4 heteroatoms. The van der Waals surface area contributed by atoms with Crippen molar-refractivity contribution in [2.45, 2.75) is 32.7 Å². The number of rotatable bonds is 2. The normalized spacial score (nSPS) is 11.9. The zero-order valence-corrected chi connectivity index (χ0v) is 13.6. The maximum atomic E-state index is 13.5. The molecule has 3 nitrogen and oxygen atoms in total. The van der Waals surface area contributed by atoms with Crippen molar-refractivity contribution in [3.8, 4) is 11.3 Å². The molecule has 0 unspecified atom stereocenters. The number of hydrogen-bond acceptors (Lipinski definition) is 3. The lowest BCUT2D eigenvalue weighted by atomic mass is 9.86. The summed E-state index contributed by atoms with van der Waals surface area (Å²) >= 11 is 0. The summed E-state index contributed by atoms with van der Waals surface area (Å²) in [5.41, 5.74) is 9.38. The second-order valence-corrected chi connectivity index (χ2v) is 6.68. The van der Waals surface area contributed by atoms with E-state index in [4.69, 9.17) is 5.73 Å². The molecule has 0 saturated carbocycles. The first kappa shape index (κ1) is 15.6. The summed E-state index contributed by atoms with van der Waals surface area (Å²) in [5.74, 6) is 0.200. The summed E-state index contributed by atoms with van der Waals surface area (Å²) in [5, 5.41) is 0.826. The number of benzene rings is 2. The Morgan fingerprint density at radius 2 is 1.70 bits per heavy atom. The first-order valence-electron chi connectivity index (χ1n) is 7.65. The molecule has 0 bridgehead atoms. The smallest absolute Gasteiger partial charge is 0.143 e. The van der Waals surface area contributed by atoms with Gasteiger partial charge in [-0.25, -0.2) is 14.4 Å². The second kappa shape index (κ2) is 5.70. The van der Waals surface area contributed by atoms with Gasteiger partial charge in [0.2, 0.25) is 0 Å². The number of halogens is 1. The first-order chi connectivity index (χ1) is 10.9. The van der Waals surface area contributed by atoms with Crippen LogP contribution in [0.1, 0.15) is 32.2 Å². The van der Waals surface area contributed by atoms with Crippen LogP contribution in [0.3, 0.4) is 0 Å². The number of nitrogens with zero attached hydrogens (tertiary/aromatic N) is 2. The van der Waals surface area contributed by atoms with Crippen molar-refractivity contribution in [1.29, 1.82) is 0 Å². The fraction of sp³-hybridized carbons (Fsp3) is 0.263. The van der Waals surface area contributed by atoms with Crippen molar-refractivity contribution in [3.05, 3.63) is 59.7 Å². The Kier molecular flexibility index (Phi) is 3.86. The Balaban J connectivity index is 2.18. The van der Waals surface area contributed by atoms with Crippen LogP contribution in [0.5, 0.6) is 0 Å². The molecule has 118 valence electrons. The Morgan fingerprint density at radius 1 is 1.00 bits per heavy atom. The highest BCUT2D eigenvalue weighted by Crippen LogP contribution is 2.29. The molecule has 0 fully saturated rings. The zero-order chi connectivity index (χ0) is 16.6. The van der Waals surface area contributed by atoms with Gasteiger partial charge in [-0.3, -0.25) is 0 Å². The number of nitrogens with two attached hydrogens (primary N) is 1. The van der Waals surface area contributed by atoms with Crippen LogP contribution in [0.2, 0.25) is 0 Å². The van der Waals surface area contributed by atoms with Crippen LogP contribution in [-0.2, 0) is 12.0 Å². The zero-order valence-electron chi connectivity index (χ0n) is 13.6. The molecule has 2 aromatic carbocycles. The maximum Gasteiger partial charge on any atom is 0.143 e. The van der Waals surface area contributed by atoms with Gasteiger partial charge in [0.1, 0.15) is 11.6 Å². The lowest BCUT2D eigenvalue weighted by Crippen LogP contribution is -2.10. The summed E-state index contributed by atoms with van der Waals surface area (Å²) < 4.78 is 13.5. The molecule has 0 saturated heterocycles. The van der Waals surface area contributed by atoms with Crippen molar-refractivity contribution in [3.63, 3.8) is 0 Å². The van der Waals surface area contributed by atoms with E-state index in [0.29, 0.717) is 11.3 Å². The van der Waals surface area contributed by atoms with Gasteiger partial charge in [-0.05, 0) is 23.1 Å². The molecule has 1 aromatic heterocycles. The SMILES string of the molecule is CC(C)(C)c1ccc(-c2nc(CN)nc3cc(F)ccc23)cc1. The molecule has 0 radical (unpaired) electrons. The van der Waals surface area contributed by atoms with Crippen LogP contribution in [0.15, 0.2) is 42.5 Å². The molecule has 0 aliphatic rings. The van der Waals surface area contributed by atoms with Gasteiger partial charge in [0.15, 0.2) is 0 Å². The van der Waals surface area contributed by atoms with Gasteiger partial charge in [-0.15, -0.1) is 0 Å². The molecule has 23 heavy (non-hydrogen) atoms. The van der Waals surface area contributed by atoms with E-state index in [9.17, 15) is 4.39 Å².